The molecule has 1 N–H and O–H groups in total. The van der Waals surface area contributed by atoms with Crippen molar-refractivity contribution in [1.29, 1.82) is 0 Å². The van der Waals surface area contributed by atoms with E-state index < -0.39 is 0 Å². The van der Waals surface area contributed by atoms with Crippen molar-refractivity contribution in [3.8, 4) is 11.4 Å². The van der Waals surface area contributed by atoms with Crippen LogP contribution >= 0.6 is 11.8 Å². The van der Waals surface area contributed by atoms with Gasteiger partial charge in [-0.05, 0) is 31.2 Å². The molecule has 0 aliphatic carbocycles. The molecule has 1 amide bonds. The first kappa shape index (κ1) is 18.7. The molecule has 0 radical (unpaired) electrons. The summed E-state index contributed by atoms with van der Waals surface area (Å²) < 4.78 is 7.14. The van der Waals surface area contributed by atoms with Crippen LogP contribution in [0.3, 0.4) is 0 Å². The van der Waals surface area contributed by atoms with Gasteiger partial charge in [-0.3, -0.25) is 4.79 Å². The second-order valence-electron chi connectivity index (χ2n) is 5.39. The summed E-state index contributed by atoms with van der Waals surface area (Å²) in [6, 6.07) is 13.5. The van der Waals surface area contributed by atoms with Gasteiger partial charge in [-0.25, -0.2) is 5.43 Å². The third kappa shape index (κ3) is 5.18. The van der Waals surface area contributed by atoms with Crippen molar-refractivity contribution in [2.24, 2.45) is 5.10 Å². The summed E-state index contributed by atoms with van der Waals surface area (Å²) in [7, 11) is 0. The van der Waals surface area contributed by atoms with E-state index >= 15 is 0 Å². The van der Waals surface area contributed by atoms with Crippen LogP contribution in [0.4, 0.5) is 0 Å². The van der Waals surface area contributed by atoms with Crippen molar-refractivity contribution < 1.29 is 9.21 Å². The molecule has 0 saturated heterocycles. The van der Waals surface area contributed by atoms with E-state index in [1.165, 1.54) is 18.0 Å². The highest BCUT2D eigenvalue weighted by atomic mass is 32.2. The Kier molecular flexibility index (Phi) is 6.59. The average molecular weight is 381 g/mol. The smallest absolute Gasteiger partial charge is 0.250 e. The van der Waals surface area contributed by atoms with Crippen molar-refractivity contribution in [1.82, 2.24) is 20.2 Å². The van der Waals surface area contributed by atoms with Gasteiger partial charge in [-0.15, -0.1) is 10.2 Å². The summed E-state index contributed by atoms with van der Waals surface area (Å²) in [5.74, 6) is 1.50. The zero-order valence-corrected chi connectivity index (χ0v) is 15.6. The molecule has 0 unspecified atom stereocenters. The second-order valence-corrected chi connectivity index (χ2v) is 6.34. The maximum Gasteiger partial charge on any atom is 0.250 e. The Morgan fingerprint density at radius 3 is 2.85 bits per heavy atom. The number of rotatable bonds is 8. The van der Waals surface area contributed by atoms with Crippen LogP contribution in [0.25, 0.3) is 17.5 Å². The number of thioether (sulfide) groups is 1. The van der Waals surface area contributed by atoms with E-state index in [2.05, 4.69) is 20.7 Å². The van der Waals surface area contributed by atoms with E-state index in [0.29, 0.717) is 5.16 Å². The molecule has 0 bridgehead atoms. The Morgan fingerprint density at radius 2 is 2.11 bits per heavy atom. The molecule has 0 spiro atoms. The van der Waals surface area contributed by atoms with Gasteiger partial charge in [0, 0.05) is 18.3 Å². The van der Waals surface area contributed by atoms with Gasteiger partial charge in [0.25, 0.3) is 5.91 Å². The summed E-state index contributed by atoms with van der Waals surface area (Å²) >= 11 is 1.33. The van der Waals surface area contributed by atoms with Crippen LogP contribution in [-0.4, -0.2) is 32.6 Å². The van der Waals surface area contributed by atoms with Crippen molar-refractivity contribution in [3.63, 3.8) is 0 Å². The van der Waals surface area contributed by atoms with Crippen LogP contribution in [0, 0.1) is 0 Å². The summed E-state index contributed by atoms with van der Waals surface area (Å²) in [4.78, 5) is 11.9. The molecule has 7 nitrogen and oxygen atoms in total. The van der Waals surface area contributed by atoms with Gasteiger partial charge in [-0.2, -0.15) is 5.10 Å². The lowest BCUT2D eigenvalue weighted by Gasteiger charge is -2.06. The van der Waals surface area contributed by atoms with E-state index in [1.54, 1.807) is 24.5 Å². The molecule has 0 fully saturated rings. The Bertz CT molecular complexity index is 917. The molecule has 27 heavy (non-hydrogen) atoms. The number of hydrogen-bond acceptors (Lipinski definition) is 6. The van der Waals surface area contributed by atoms with E-state index in [-0.39, 0.29) is 11.7 Å². The van der Waals surface area contributed by atoms with Crippen LogP contribution in [-0.2, 0) is 11.3 Å². The highest BCUT2D eigenvalue weighted by Crippen LogP contribution is 2.23. The first-order valence-electron chi connectivity index (χ1n) is 8.41. The number of hydrazone groups is 1. The number of benzene rings is 1. The molecule has 0 aliphatic heterocycles. The summed E-state index contributed by atoms with van der Waals surface area (Å²) in [5, 5.41) is 13.0. The zero-order chi connectivity index (χ0) is 18.9. The van der Waals surface area contributed by atoms with Crippen LogP contribution in [0.2, 0.25) is 0 Å². The Labute approximate surface area is 161 Å². The number of hydrogen-bond donors (Lipinski definition) is 1. The molecular weight excluding hydrogens is 362 g/mol. The lowest BCUT2D eigenvalue weighted by atomic mass is 10.2. The second kappa shape index (κ2) is 9.54. The fourth-order valence-electron chi connectivity index (χ4n) is 2.32. The van der Waals surface area contributed by atoms with Gasteiger partial charge in [0.2, 0.25) is 0 Å². The van der Waals surface area contributed by atoms with Crippen molar-refractivity contribution >= 4 is 30.0 Å². The lowest BCUT2D eigenvalue weighted by Crippen LogP contribution is -2.19. The standard InChI is InChI=1S/C19H19N5O2S/c1-2-24-18(15-8-4-3-5-9-15)22-23-19(24)27-14-17(25)21-20-12-6-10-16-11-7-13-26-16/h3-13H,2,14H2,1H3,(H,21,25)/b10-6+,20-12+. The number of nitrogens with zero attached hydrogens (tertiary/aromatic N) is 4. The topological polar surface area (TPSA) is 85.3 Å². The monoisotopic (exact) mass is 381 g/mol. The molecule has 138 valence electrons. The quantitative estimate of drug-likeness (QED) is 0.367. The number of nitrogens with one attached hydrogen (secondary N) is 1. The van der Waals surface area contributed by atoms with E-state index in [0.717, 1.165) is 23.7 Å². The largest absolute Gasteiger partial charge is 0.465 e. The lowest BCUT2D eigenvalue weighted by molar-refractivity contribution is -0.118. The maximum atomic E-state index is 11.9. The number of carbonyl (C=O) groups is 1. The van der Waals surface area contributed by atoms with E-state index in [4.69, 9.17) is 4.42 Å². The molecule has 2 aromatic heterocycles. The Balaban J connectivity index is 1.52. The highest BCUT2D eigenvalue weighted by molar-refractivity contribution is 7.99. The van der Waals surface area contributed by atoms with Gasteiger partial charge in [-0.1, -0.05) is 42.1 Å². The summed E-state index contributed by atoms with van der Waals surface area (Å²) in [6.07, 6.45) is 6.52. The maximum absolute atomic E-state index is 11.9. The predicted octanol–water partition coefficient (Wildman–Crippen LogP) is 3.47. The summed E-state index contributed by atoms with van der Waals surface area (Å²) in [5.41, 5.74) is 3.48. The molecular formula is C19H19N5O2S. The van der Waals surface area contributed by atoms with E-state index in [9.17, 15) is 4.79 Å². The van der Waals surface area contributed by atoms with Gasteiger partial charge in [0.15, 0.2) is 11.0 Å². The third-order valence-electron chi connectivity index (χ3n) is 3.55. The van der Waals surface area contributed by atoms with Gasteiger partial charge < -0.3 is 8.98 Å². The first-order valence-corrected chi connectivity index (χ1v) is 9.40. The molecule has 0 atom stereocenters. The first-order chi connectivity index (χ1) is 13.3. The van der Waals surface area contributed by atoms with E-state index in [1.807, 2.05) is 47.9 Å². The number of aromatic nitrogens is 3. The molecule has 2 heterocycles. The van der Waals surface area contributed by atoms with Crippen LogP contribution in [0.15, 0.2) is 69.5 Å². The number of allylic oxidation sites excluding steroid dienone is 1. The molecule has 0 aliphatic rings. The Hall–Kier alpha value is -3.13. The van der Waals surface area contributed by atoms with Gasteiger partial charge in [0.05, 0.1) is 12.0 Å². The van der Waals surface area contributed by atoms with Gasteiger partial charge >= 0.3 is 0 Å². The highest BCUT2D eigenvalue weighted by Gasteiger charge is 2.14. The van der Waals surface area contributed by atoms with Gasteiger partial charge in [0.1, 0.15) is 5.76 Å². The normalized spacial score (nSPS) is 11.4. The number of amides is 1. The summed E-state index contributed by atoms with van der Waals surface area (Å²) in [6.45, 7) is 2.74. The van der Waals surface area contributed by atoms with Crippen LogP contribution < -0.4 is 5.43 Å². The fourth-order valence-corrected chi connectivity index (χ4v) is 3.11. The Morgan fingerprint density at radius 1 is 1.26 bits per heavy atom. The van der Waals surface area contributed by atoms with Crippen molar-refractivity contribution in [3.05, 3.63) is 60.6 Å². The average Bonchev–Trinajstić information content (AvgIpc) is 3.36. The third-order valence-corrected chi connectivity index (χ3v) is 4.52. The van der Waals surface area contributed by atoms with Crippen molar-refractivity contribution in [2.45, 2.75) is 18.6 Å². The van der Waals surface area contributed by atoms with Crippen molar-refractivity contribution in [2.75, 3.05) is 5.75 Å². The molecule has 3 rings (SSSR count). The SMILES string of the molecule is CCn1c(SCC(=O)N/N=C/C=C/c2ccco2)nnc1-c1ccccc1. The van der Waals surface area contributed by atoms with Crippen LogP contribution in [0.5, 0.6) is 0 Å². The molecule has 0 saturated carbocycles. The predicted molar refractivity (Wildman–Crippen MR) is 106 cm³/mol. The minimum absolute atomic E-state index is 0.201. The minimum Gasteiger partial charge on any atom is -0.465 e. The minimum atomic E-state index is -0.213. The molecule has 3 aromatic rings. The molecule has 1 aromatic carbocycles. The number of furan rings is 1. The number of carbonyl (C=O) groups excluding carboxylic acids is 1. The molecule has 8 heteroatoms. The zero-order valence-electron chi connectivity index (χ0n) is 14.8. The fraction of sp³-hybridized carbons (Fsp3) is 0.158. The van der Waals surface area contributed by atoms with Crippen LogP contribution in [0.1, 0.15) is 12.7 Å².